The highest BCUT2D eigenvalue weighted by molar-refractivity contribution is 7.10. The third-order valence-corrected chi connectivity index (χ3v) is 4.54. The highest BCUT2D eigenvalue weighted by Crippen LogP contribution is 2.32. The normalized spacial score (nSPS) is 17.6. The Hall–Kier alpha value is -1.89. The highest BCUT2D eigenvalue weighted by Gasteiger charge is 2.28. The van der Waals surface area contributed by atoms with Gasteiger partial charge in [-0.2, -0.15) is 0 Å². The van der Waals surface area contributed by atoms with Gasteiger partial charge in [-0.05, 0) is 30.7 Å². The van der Waals surface area contributed by atoms with Gasteiger partial charge < -0.3 is 16.8 Å². The van der Waals surface area contributed by atoms with Crippen molar-refractivity contribution >= 4 is 29.1 Å². The Balaban J connectivity index is 2.18. The fourth-order valence-electron chi connectivity index (χ4n) is 2.36. The number of fused-ring (bicyclic) bond motifs is 1. The van der Waals surface area contributed by atoms with Crippen molar-refractivity contribution in [2.45, 2.75) is 32.2 Å². The molecule has 0 radical (unpaired) electrons. The van der Waals surface area contributed by atoms with Gasteiger partial charge >= 0.3 is 0 Å². The molecule has 1 aromatic heterocycles. The first-order chi connectivity index (χ1) is 9.40. The molecule has 0 saturated heterocycles. The van der Waals surface area contributed by atoms with E-state index in [9.17, 15) is 14.4 Å². The van der Waals surface area contributed by atoms with Crippen molar-refractivity contribution in [2.75, 3.05) is 0 Å². The van der Waals surface area contributed by atoms with Gasteiger partial charge in [0.1, 0.15) is 0 Å². The van der Waals surface area contributed by atoms with Crippen molar-refractivity contribution in [1.82, 2.24) is 5.32 Å². The number of primary amides is 2. The molecular weight excluding hydrogens is 278 g/mol. The molecule has 108 valence electrons. The molecule has 1 aromatic rings. The average molecular weight is 295 g/mol. The van der Waals surface area contributed by atoms with Gasteiger partial charge in [0, 0.05) is 10.3 Å². The van der Waals surface area contributed by atoms with Crippen LogP contribution in [0, 0.1) is 5.92 Å². The van der Waals surface area contributed by atoms with Crippen molar-refractivity contribution in [3.63, 3.8) is 0 Å². The Morgan fingerprint density at radius 3 is 2.60 bits per heavy atom. The van der Waals surface area contributed by atoms with Gasteiger partial charge in [-0.3, -0.25) is 14.4 Å². The van der Waals surface area contributed by atoms with E-state index in [1.807, 2.05) is 0 Å². The maximum Gasteiger partial charge on any atom is 0.253 e. The molecule has 1 aliphatic rings. The summed E-state index contributed by atoms with van der Waals surface area (Å²) < 4.78 is 0. The van der Waals surface area contributed by atoms with Crippen LogP contribution in [0.25, 0.3) is 0 Å². The number of carbonyl (C=O) groups is 3. The van der Waals surface area contributed by atoms with Crippen LogP contribution in [-0.4, -0.2) is 23.8 Å². The molecule has 0 aromatic carbocycles. The molecular formula is C13H17N3O3S. The first-order valence-electron chi connectivity index (χ1n) is 6.39. The van der Waals surface area contributed by atoms with Crippen LogP contribution in [0.3, 0.4) is 0 Å². The molecule has 0 saturated carbocycles. The molecule has 0 bridgehead atoms. The van der Waals surface area contributed by atoms with Crippen LogP contribution in [0.15, 0.2) is 5.38 Å². The lowest BCUT2D eigenvalue weighted by Crippen LogP contribution is -2.52. The molecule has 0 spiro atoms. The lowest BCUT2D eigenvalue weighted by molar-refractivity contribution is -0.128. The second kappa shape index (κ2) is 5.62. The Labute approximate surface area is 120 Å². The minimum atomic E-state index is -1.47. The minimum absolute atomic E-state index is 0.473. The molecule has 1 heterocycles. The zero-order chi connectivity index (χ0) is 14.9. The summed E-state index contributed by atoms with van der Waals surface area (Å²) in [5.74, 6) is -1.77. The van der Waals surface area contributed by atoms with Gasteiger partial charge in [-0.25, -0.2) is 0 Å². The van der Waals surface area contributed by atoms with Crippen LogP contribution in [-0.2, 0) is 22.4 Å². The van der Waals surface area contributed by atoms with E-state index in [0.717, 1.165) is 24.8 Å². The molecule has 1 unspecified atom stereocenters. The summed E-state index contributed by atoms with van der Waals surface area (Å²) in [5.41, 5.74) is 11.6. The number of hydrogen-bond donors (Lipinski definition) is 3. The standard InChI is InChI=1S/C13H17N3O3S/c1-6-2-3-7-8(5-20-9(7)4-6)13(19)16-10(11(14)17)12(15)18/h5-6,10H,2-4H2,1H3,(H2,14,17)(H2,15,18)(H,16,19). The Kier molecular flexibility index (Phi) is 4.08. The summed E-state index contributed by atoms with van der Waals surface area (Å²) in [6.07, 6.45) is 2.82. The number of nitrogens with two attached hydrogens (primary N) is 2. The van der Waals surface area contributed by atoms with E-state index in [1.165, 1.54) is 16.2 Å². The molecule has 6 nitrogen and oxygen atoms in total. The van der Waals surface area contributed by atoms with Crippen LogP contribution < -0.4 is 16.8 Å². The number of nitrogens with one attached hydrogen (secondary N) is 1. The minimum Gasteiger partial charge on any atom is -0.367 e. The van der Waals surface area contributed by atoms with Crippen LogP contribution in [0.2, 0.25) is 0 Å². The number of amides is 3. The van der Waals surface area contributed by atoms with Gasteiger partial charge in [-0.1, -0.05) is 6.92 Å². The van der Waals surface area contributed by atoms with Crippen LogP contribution in [0.4, 0.5) is 0 Å². The summed E-state index contributed by atoms with van der Waals surface area (Å²) in [5, 5.41) is 4.06. The third-order valence-electron chi connectivity index (χ3n) is 3.49. The summed E-state index contributed by atoms with van der Waals surface area (Å²) in [6.45, 7) is 2.18. The van der Waals surface area contributed by atoms with E-state index in [0.29, 0.717) is 11.5 Å². The maximum absolute atomic E-state index is 12.2. The lowest BCUT2D eigenvalue weighted by atomic mass is 9.88. The lowest BCUT2D eigenvalue weighted by Gasteiger charge is -2.19. The van der Waals surface area contributed by atoms with E-state index in [1.54, 1.807) is 5.38 Å². The van der Waals surface area contributed by atoms with Crippen LogP contribution >= 0.6 is 11.3 Å². The van der Waals surface area contributed by atoms with E-state index in [-0.39, 0.29) is 0 Å². The monoisotopic (exact) mass is 295 g/mol. The topological polar surface area (TPSA) is 115 Å². The fraction of sp³-hybridized carbons (Fsp3) is 0.462. The van der Waals surface area contributed by atoms with E-state index < -0.39 is 23.8 Å². The van der Waals surface area contributed by atoms with Gasteiger partial charge in [-0.15, -0.1) is 11.3 Å². The molecule has 0 aliphatic heterocycles. The molecule has 3 amide bonds. The van der Waals surface area contributed by atoms with Gasteiger partial charge in [0.05, 0.1) is 5.56 Å². The molecule has 1 atom stereocenters. The number of thiophene rings is 1. The molecule has 0 fully saturated rings. The number of hydrogen-bond acceptors (Lipinski definition) is 4. The van der Waals surface area contributed by atoms with Crippen molar-refractivity contribution in [3.05, 3.63) is 21.4 Å². The third kappa shape index (κ3) is 2.82. The van der Waals surface area contributed by atoms with Gasteiger partial charge in [0.15, 0.2) is 6.04 Å². The number of rotatable bonds is 4. The van der Waals surface area contributed by atoms with E-state index >= 15 is 0 Å². The first kappa shape index (κ1) is 14.5. The fourth-order valence-corrected chi connectivity index (χ4v) is 3.60. The second-order valence-electron chi connectivity index (χ2n) is 5.11. The second-order valence-corrected chi connectivity index (χ2v) is 6.07. The maximum atomic E-state index is 12.2. The largest absolute Gasteiger partial charge is 0.367 e. The Morgan fingerprint density at radius 1 is 1.35 bits per heavy atom. The van der Waals surface area contributed by atoms with E-state index in [4.69, 9.17) is 11.5 Å². The van der Waals surface area contributed by atoms with Crippen molar-refractivity contribution < 1.29 is 14.4 Å². The molecule has 5 N–H and O–H groups in total. The predicted molar refractivity (Wildman–Crippen MR) is 75.2 cm³/mol. The SMILES string of the molecule is CC1CCc2c(C(=O)NC(C(N)=O)C(N)=O)csc2C1. The van der Waals surface area contributed by atoms with Crippen molar-refractivity contribution in [1.29, 1.82) is 0 Å². The summed E-state index contributed by atoms with van der Waals surface area (Å²) in [7, 11) is 0. The average Bonchev–Trinajstić information content (AvgIpc) is 2.77. The molecule has 20 heavy (non-hydrogen) atoms. The van der Waals surface area contributed by atoms with Crippen molar-refractivity contribution in [3.8, 4) is 0 Å². The zero-order valence-electron chi connectivity index (χ0n) is 11.1. The predicted octanol–water partition coefficient (Wildman–Crippen LogP) is -0.0581. The van der Waals surface area contributed by atoms with Crippen LogP contribution in [0.5, 0.6) is 0 Å². The molecule has 2 rings (SSSR count). The zero-order valence-corrected chi connectivity index (χ0v) is 12.0. The first-order valence-corrected chi connectivity index (χ1v) is 7.26. The highest BCUT2D eigenvalue weighted by atomic mass is 32.1. The quantitative estimate of drug-likeness (QED) is 0.676. The Bertz CT molecular complexity index is 553. The molecule has 7 heteroatoms. The van der Waals surface area contributed by atoms with Crippen LogP contribution in [0.1, 0.15) is 34.1 Å². The van der Waals surface area contributed by atoms with Crippen molar-refractivity contribution in [2.24, 2.45) is 17.4 Å². The summed E-state index contributed by atoms with van der Waals surface area (Å²) >= 11 is 1.53. The number of carbonyl (C=O) groups excluding carboxylic acids is 3. The summed E-state index contributed by atoms with van der Waals surface area (Å²) in [6, 6.07) is -1.47. The Morgan fingerprint density at radius 2 is 2.00 bits per heavy atom. The van der Waals surface area contributed by atoms with E-state index in [2.05, 4.69) is 12.2 Å². The molecule has 1 aliphatic carbocycles. The smallest absolute Gasteiger partial charge is 0.253 e. The van der Waals surface area contributed by atoms with Gasteiger partial charge in [0.2, 0.25) is 11.8 Å². The summed E-state index contributed by atoms with van der Waals surface area (Å²) in [4.78, 5) is 35.5. The van der Waals surface area contributed by atoms with Gasteiger partial charge in [0.25, 0.3) is 5.91 Å².